The molecule has 0 saturated heterocycles. The Balaban J connectivity index is 3.13. The van der Waals surface area contributed by atoms with E-state index in [0.29, 0.717) is 11.3 Å². The molecule has 0 bridgehead atoms. The summed E-state index contributed by atoms with van der Waals surface area (Å²) in [7, 11) is 3.17. The third kappa shape index (κ3) is 1.56. The molecule has 0 unspecified atom stereocenters. The van der Waals surface area contributed by atoms with Gasteiger partial charge in [0.05, 0.1) is 7.11 Å². The molecule has 0 aliphatic heterocycles. The molecule has 0 spiro atoms. The Labute approximate surface area is 71.3 Å². The lowest BCUT2D eigenvalue weighted by atomic mass is 10.2. The summed E-state index contributed by atoms with van der Waals surface area (Å²) >= 11 is 0. The lowest BCUT2D eigenvalue weighted by Gasteiger charge is -2.04. The quantitative estimate of drug-likeness (QED) is 0.674. The molecule has 0 radical (unpaired) electrons. The van der Waals surface area contributed by atoms with E-state index in [0.717, 1.165) is 0 Å². The van der Waals surface area contributed by atoms with E-state index < -0.39 is 0 Å². The predicted molar refractivity (Wildman–Crippen MR) is 48.2 cm³/mol. The van der Waals surface area contributed by atoms with Gasteiger partial charge in [-0.1, -0.05) is 6.07 Å². The normalized spacial score (nSPS) is 10.5. The molecular weight excluding hydrogens is 154 g/mol. The molecule has 0 aliphatic carbocycles. The van der Waals surface area contributed by atoms with E-state index in [1.807, 2.05) is 0 Å². The average Bonchev–Trinajstić information content (AvgIpc) is 2.09. The first kappa shape index (κ1) is 8.59. The molecule has 0 fully saturated rings. The van der Waals surface area contributed by atoms with Crippen LogP contribution in [0.4, 0.5) is 0 Å². The van der Waals surface area contributed by atoms with Gasteiger partial charge in [0.1, 0.15) is 0 Å². The van der Waals surface area contributed by atoms with Crippen molar-refractivity contribution in [2.45, 2.75) is 0 Å². The van der Waals surface area contributed by atoms with Gasteiger partial charge in [-0.2, -0.15) is 0 Å². The monoisotopic (exact) mass is 165 g/mol. The number of hydrogen-bond acceptors (Lipinski definition) is 3. The van der Waals surface area contributed by atoms with Crippen LogP contribution in [0.3, 0.4) is 0 Å². The van der Waals surface area contributed by atoms with Crippen LogP contribution < -0.4 is 4.74 Å². The van der Waals surface area contributed by atoms with E-state index in [9.17, 15) is 5.11 Å². The highest BCUT2D eigenvalue weighted by Gasteiger charge is 2.03. The SMILES string of the molecule is CN=Cc1cccc(OC)c1O. The largest absolute Gasteiger partial charge is 0.504 e. The molecule has 1 aromatic rings. The van der Waals surface area contributed by atoms with Crippen LogP contribution in [0.1, 0.15) is 5.56 Å². The topological polar surface area (TPSA) is 41.8 Å². The van der Waals surface area contributed by atoms with Crippen LogP contribution in [-0.4, -0.2) is 25.5 Å². The Morgan fingerprint density at radius 3 is 2.83 bits per heavy atom. The van der Waals surface area contributed by atoms with Crippen molar-refractivity contribution in [3.63, 3.8) is 0 Å². The number of benzene rings is 1. The maximum absolute atomic E-state index is 9.50. The summed E-state index contributed by atoms with van der Waals surface area (Å²) in [6.45, 7) is 0. The van der Waals surface area contributed by atoms with Gasteiger partial charge in [-0.15, -0.1) is 0 Å². The maximum Gasteiger partial charge on any atom is 0.166 e. The molecule has 1 N–H and O–H groups in total. The maximum atomic E-state index is 9.50. The first-order chi connectivity index (χ1) is 5.79. The number of aromatic hydroxyl groups is 1. The fourth-order valence-corrected chi connectivity index (χ4v) is 0.947. The van der Waals surface area contributed by atoms with Gasteiger partial charge in [0.25, 0.3) is 0 Å². The van der Waals surface area contributed by atoms with Gasteiger partial charge < -0.3 is 9.84 Å². The molecule has 64 valence electrons. The van der Waals surface area contributed by atoms with Crippen LogP contribution in [0.2, 0.25) is 0 Å². The van der Waals surface area contributed by atoms with E-state index in [1.165, 1.54) is 7.11 Å². The molecule has 1 aromatic carbocycles. The summed E-state index contributed by atoms with van der Waals surface area (Å²) in [6.07, 6.45) is 1.58. The highest BCUT2D eigenvalue weighted by molar-refractivity contribution is 5.84. The van der Waals surface area contributed by atoms with Gasteiger partial charge in [0, 0.05) is 18.8 Å². The molecule has 0 saturated carbocycles. The van der Waals surface area contributed by atoms with Crippen molar-refractivity contribution in [2.24, 2.45) is 4.99 Å². The van der Waals surface area contributed by atoms with Crippen LogP contribution in [0.5, 0.6) is 11.5 Å². The number of ether oxygens (including phenoxy) is 1. The first-order valence-corrected chi connectivity index (χ1v) is 3.57. The molecule has 0 aliphatic rings. The highest BCUT2D eigenvalue weighted by Crippen LogP contribution is 2.27. The molecule has 0 heterocycles. The zero-order valence-corrected chi connectivity index (χ0v) is 7.11. The standard InChI is InChI=1S/C9H11NO2/c1-10-6-7-4-3-5-8(12-2)9(7)11/h3-6,11H,1-2H3. The van der Waals surface area contributed by atoms with Crippen LogP contribution in [0.25, 0.3) is 0 Å². The molecule has 12 heavy (non-hydrogen) atoms. The number of rotatable bonds is 2. The lowest BCUT2D eigenvalue weighted by molar-refractivity contribution is 0.373. The molecule has 3 heteroatoms. The number of hydrogen-bond donors (Lipinski definition) is 1. The lowest BCUT2D eigenvalue weighted by Crippen LogP contribution is -1.87. The van der Waals surface area contributed by atoms with Crippen molar-refractivity contribution in [3.8, 4) is 11.5 Å². The third-order valence-electron chi connectivity index (χ3n) is 1.52. The Morgan fingerprint density at radius 2 is 2.25 bits per heavy atom. The fraction of sp³-hybridized carbons (Fsp3) is 0.222. The van der Waals surface area contributed by atoms with Crippen molar-refractivity contribution >= 4 is 6.21 Å². The summed E-state index contributed by atoms with van der Waals surface area (Å²) < 4.78 is 4.92. The van der Waals surface area contributed by atoms with Gasteiger partial charge in [0.15, 0.2) is 11.5 Å². The Kier molecular flexibility index (Phi) is 2.69. The van der Waals surface area contributed by atoms with Crippen LogP contribution in [-0.2, 0) is 0 Å². The van der Waals surface area contributed by atoms with Crippen LogP contribution in [0.15, 0.2) is 23.2 Å². The predicted octanol–water partition coefficient (Wildman–Crippen LogP) is 1.45. The Bertz CT molecular complexity index is 295. The van der Waals surface area contributed by atoms with Crippen molar-refractivity contribution in [1.82, 2.24) is 0 Å². The minimum Gasteiger partial charge on any atom is -0.504 e. The fourth-order valence-electron chi connectivity index (χ4n) is 0.947. The number of phenolic OH excluding ortho intramolecular Hbond substituents is 1. The number of nitrogens with zero attached hydrogens (tertiary/aromatic N) is 1. The van der Waals surface area contributed by atoms with Gasteiger partial charge in [-0.05, 0) is 12.1 Å². The molecule has 1 rings (SSSR count). The molecule has 0 atom stereocenters. The van der Waals surface area contributed by atoms with E-state index in [4.69, 9.17) is 4.74 Å². The van der Waals surface area contributed by atoms with Crippen LogP contribution >= 0.6 is 0 Å². The number of phenols is 1. The Morgan fingerprint density at radius 1 is 1.50 bits per heavy atom. The zero-order valence-electron chi connectivity index (χ0n) is 7.11. The van der Waals surface area contributed by atoms with Gasteiger partial charge in [-0.3, -0.25) is 4.99 Å². The summed E-state index contributed by atoms with van der Waals surface area (Å²) in [5.41, 5.74) is 0.664. The van der Waals surface area contributed by atoms with Crippen molar-refractivity contribution in [3.05, 3.63) is 23.8 Å². The Hall–Kier alpha value is -1.51. The molecular formula is C9H11NO2. The van der Waals surface area contributed by atoms with Crippen LogP contribution in [0, 0.1) is 0 Å². The highest BCUT2D eigenvalue weighted by atomic mass is 16.5. The second-order valence-electron chi connectivity index (χ2n) is 2.29. The summed E-state index contributed by atoms with van der Waals surface area (Å²) in [4.78, 5) is 3.80. The third-order valence-corrected chi connectivity index (χ3v) is 1.52. The second kappa shape index (κ2) is 3.76. The van der Waals surface area contributed by atoms with Crippen molar-refractivity contribution < 1.29 is 9.84 Å². The minimum absolute atomic E-state index is 0.130. The number of methoxy groups -OCH3 is 1. The summed E-state index contributed by atoms with van der Waals surface area (Å²) in [6, 6.07) is 5.27. The van der Waals surface area contributed by atoms with E-state index in [1.54, 1.807) is 31.5 Å². The van der Waals surface area contributed by atoms with Gasteiger partial charge in [0.2, 0.25) is 0 Å². The van der Waals surface area contributed by atoms with Gasteiger partial charge >= 0.3 is 0 Å². The number of para-hydroxylation sites is 1. The van der Waals surface area contributed by atoms with E-state index >= 15 is 0 Å². The van der Waals surface area contributed by atoms with Crippen molar-refractivity contribution in [1.29, 1.82) is 0 Å². The molecule has 0 amide bonds. The smallest absolute Gasteiger partial charge is 0.166 e. The summed E-state index contributed by atoms with van der Waals surface area (Å²) in [5, 5.41) is 9.50. The zero-order chi connectivity index (χ0) is 8.97. The number of aliphatic imine (C=N–C) groups is 1. The van der Waals surface area contributed by atoms with E-state index in [2.05, 4.69) is 4.99 Å². The second-order valence-corrected chi connectivity index (χ2v) is 2.29. The molecule has 3 nitrogen and oxygen atoms in total. The minimum atomic E-state index is 0.130. The van der Waals surface area contributed by atoms with Crippen molar-refractivity contribution in [2.75, 3.05) is 14.2 Å². The summed E-state index contributed by atoms with van der Waals surface area (Å²) in [5.74, 6) is 0.595. The molecule has 0 aromatic heterocycles. The average molecular weight is 165 g/mol. The first-order valence-electron chi connectivity index (χ1n) is 3.57. The van der Waals surface area contributed by atoms with E-state index in [-0.39, 0.29) is 5.75 Å². The van der Waals surface area contributed by atoms with Gasteiger partial charge in [-0.25, -0.2) is 0 Å².